The predicted octanol–water partition coefficient (Wildman–Crippen LogP) is -0.555. The molecule has 1 saturated heterocycles. The summed E-state index contributed by atoms with van der Waals surface area (Å²) in [4.78, 5) is 15.0. The minimum Gasteiger partial charge on any atom is -0.383 e. The number of ether oxygens (including phenoxy) is 1. The number of nitrogens with zero attached hydrogens (tertiary/aromatic N) is 2. The van der Waals surface area contributed by atoms with Crippen LogP contribution in [-0.4, -0.2) is 33.0 Å². The van der Waals surface area contributed by atoms with E-state index in [0.717, 1.165) is 4.57 Å². The van der Waals surface area contributed by atoms with Crippen LogP contribution in [0.3, 0.4) is 0 Å². The molecule has 2 heterocycles. The van der Waals surface area contributed by atoms with Crippen LogP contribution in [-0.2, 0) is 4.74 Å². The Bertz CT molecular complexity index is 539. The Balaban J connectivity index is 2.25. The highest BCUT2D eigenvalue weighted by atomic mass is 19.1. The number of rotatable bonds is 2. The van der Waals surface area contributed by atoms with E-state index in [9.17, 15) is 14.3 Å². The van der Waals surface area contributed by atoms with Crippen molar-refractivity contribution in [2.24, 2.45) is 0 Å². The van der Waals surface area contributed by atoms with E-state index in [1.165, 1.54) is 12.3 Å². The maximum Gasteiger partial charge on any atom is 0.351 e. The minimum atomic E-state index is -1.44. The van der Waals surface area contributed by atoms with Crippen molar-refractivity contribution in [3.8, 4) is 12.3 Å². The molecule has 1 unspecified atom stereocenters. The highest BCUT2D eigenvalue weighted by Gasteiger charge is 2.40. The van der Waals surface area contributed by atoms with Gasteiger partial charge in [0.1, 0.15) is 24.2 Å². The van der Waals surface area contributed by atoms with Crippen molar-refractivity contribution in [1.82, 2.24) is 9.55 Å². The summed E-state index contributed by atoms with van der Waals surface area (Å²) in [6.07, 6.45) is 1.63. The molecule has 96 valence electrons. The van der Waals surface area contributed by atoms with Gasteiger partial charge in [0.25, 0.3) is 0 Å². The Morgan fingerprint density at radius 2 is 2.50 bits per heavy atom. The van der Waals surface area contributed by atoms with Gasteiger partial charge in [-0.2, -0.15) is 4.98 Å². The summed E-state index contributed by atoms with van der Waals surface area (Å²) in [5.74, 6) is 2.11. The molecule has 4 atom stereocenters. The van der Waals surface area contributed by atoms with Gasteiger partial charge in [0, 0.05) is 12.6 Å². The zero-order valence-electron chi connectivity index (χ0n) is 9.36. The third kappa shape index (κ3) is 2.20. The van der Waals surface area contributed by atoms with Gasteiger partial charge in [0.2, 0.25) is 0 Å². The van der Waals surface area contributed by atoms with E-state index in [2.05, 4.69) is 10.9 Å². The van der Waals surface area contributed by atoms with Crippen LogP contribution in [0.25, 0.3) is 0 Å². The van der Waals surface area contributed by atoms with Gasteiger partial charge in [0.05, 0.1) is 0 Å². The largest absolute Gasteiger partial charge is 0.383 e. The van der Waals surface area contributed by atoms with E-state index in [-0.39, 0.29) is 12.2 Å². The molecule has 6 nitrogen and oxygen atoms in total. The molecule has 0 amide bonds. The first-order chi connectivity index (χ1) is 8.52. The summed E-state index contributed by atoms with van der Waals surface area (Å²) in [6, 6.07) is 1.36. The highest BCUT2D eigenvalue weighted by molar-refractivity contribution is 5.23. The van der Waals surface area contributed by atoms with Crippen molar-refractivity contribution in [3.05, 3.63) is 22.7 Å². The van der Waals surface area contributed by atoms with Crippen molar-refractivity contribution in [1.29, 1.82) is 0 Å². The lowest BCUT2D eigenvalue weighted by molar-refractivity contribution is -0.0545. The smallest absolute Gasteiger partial charge is 0.351 e. The molecule has 1 aromatic rings. The summed E-state index contributed by atoms with van der Waals surface area (Å²) in [7, 11) is 0. The van der Waals surface area contributed by atoms with Crippen molar-refractivity contribution in [2.75, 3.05) is 5.73 Å². The van der Waals surface area contributed by atoms with E-state index in [0.29, 0.717) is 0 Å². The molecule has 0 radical (unpaired) electrons. The lowest BCUT2D eigenvalue weighted by Crippen LogP contribution is -2.31. The summed E-state index contributed by atoms with van der Waals surface area (Å²) < 4.78 is 20.0. The number of hydrogen-bond acceptors (Lipinski definition) is 5. The van der Waals surface area contributed by atoms with Gasteiger partial charge in [-0.1, -0.05) is 5.92 Å². The summed E-state index contributed by atoms with van der Waals surface area (Å²) in [5.41, 5.74) is 4.62. The van der Waals surface area contributed by atoms with Crippen LogP contribution in [0.2, 0.25) is 0 Å². The lowest BCUT2D eigenvalue weighted by atomic mass is 10.1. The third-order valence-corrected chi connectivity index (χ3v) is 2.73. The SMILES string of the molecule is C#C[C@H](O)[C@@H]1C[C@H](F)C(n2ccc(N)nc2=O)O1. The van der Waals surface area contributed by atoms with E-state index in [1.54, 1.807) is 0 Å². The Morgan fingerprint density at radius 1 is 1.78 bits per heavy atom. The highest BCUT2D eigenvalue weighted by Crippen LogP contribution is 2.31. The van der Waals surface area contributed by atoms with Gasteiger partial charge in [0.15, 0.2) is 6.23 Å². The number of aliphatic hydroxyl groups excluding tert-OH is 1. The normalized spacial score (nSPS) is 28.8. The maximum atomic E-state index is 13.8. The quantitative estimate of drug-likeness (QED) is 0.690. The number of aromatic nitrogens is 2. The zero-order valence-corrected chi connectivity index (χ0v) is 9.36. The Labute approximate surface area is 102 Å². The predicted molar refractivity (Wildman–Crippen MR) is 61.2 cm³/mol. The molecule has 1 fully saturated rings. The Hall–Kier alpha value is -1.91. The van der Waals surface area contributed by atoms with Gasteiger partial charge < -0.3 is 15.6 Å². The molecular weight excluding hydrogens is 241 g/mol. The Morgan fingerprint density at radius 3 is 3.11 bits per heavy atom. The van der Waals surface area contributed by atoms with E-state index in [4.69, 9.17) is 16.9 Å². The number of terminal acetylenes is 1. The number of nitrogen functional groups attached to an aromatic ring is 1. The van der Waals surface area contributed by atoms with Crippen LogP contribution < -0.4 is 11.4 Å². The molecule has 1 aliphatic heterocycles. The minimum absolute atomic E-state index is 0.0462. The zero-order chi connectivity index (χ0) is 13.3. The summed E-state index contributed by atoms with van der Waals surface area (Å²) in [6.45, 7) is 0. The maximum absolute atomic E-state index is 13.8. The number of halogens is 1. The summed E-state index contributed by atoms with van der Waals surface area (Å²) >= 11 is 0. The molecule has 0 aliphatic carbocycles. The standard InChI is InChI=1S/C11H12FN3O3/c1-2-7(16)8-5-6(12)10(18-8)15-4-3-9(13)14-11(15)17/h1,3-4,6-8,10,16H,5H2,(H2,13,14,17)/t6-,7-,8-,10?/m0/s1. The fourth-order valence-electron chi connectivity index (χ4n) is 1.83. The summed E-state index contributed by atoms with van der Waals surface area (Å²) in [5, 5.41) is 9.40. The fourth-order valence-corrected chi connectivity index (χ4v) is 1.83. The molecule has 3 N–H and O–H groups in total. The number of nitrogens with two attached hydrogens (primary N) is 1. The molecule has 0 spiro atoms. The van der Waals surface area contributed by atoms with Crippen molar-refractivity contribution < 1.29 is 14.2 Å². The molecule has 18 heavy (non-hydrogen) atoms. The van der Waals surface area contributed by atoms with Crippen LogP contribution >= 0.6 is 0 Å². The number of hydrogen-bond donors (Lipinski definition) is 2. The molecule has 0 aromatic carbocycles. The van der Waals surface area contributed by atoms with Gasteiger partial charge in [-0.05, 0) is 6.07 Å². The van der Waals surface area contributed by atoms with Crippen molar-refractivity contribution in [3.63, 3.8) is 0 Å². The molecule has 1 aromatic heterocycles. The number of anilines is 1. The molecular formula is C11H12FN3O3. The second kappa shape index (κ2) is 4.76. The Kier molecular flexibility index (Phi) is 3.32. The van der Waals surface area contributed by atoms with Gasteiger partial charge in [-0.3, -0.25) is 4.57 Å². The molecule has 7 heteroatoms. The lowest BCUT2D eigenvalue weighted by Gasteiger charge is -2.17. The van der Waals surface area contributed by atoms with Crippen molar-refractivity contribution in [2.45, 2.75) is 31.0 Å². The first kappa shape index (κ1) is 12.5. The van der Waals surface area contributed by atoms with Crippen LogP contribution in [0.1, 0.15) is 12.6 Å². The third-order valence-electron chi connectivity index (χ3n) is 2.73. The molecule has 0 saturated carbocycles. The molecule has 2 rings (SSSR count). The number of aliphatic hydroxyl groups is 1. The second-order valence-corrected chi connectivity index (χ2v) is 3.97. The van der Waals surface area contributed by atoms with Crippen LogP contribution in [0, 0.1) is 12.3 Å². The van der Waals surface area contributed by atoms with Crippen molar-refractivity contribution >= 4 is 5.82 Å². The van der Waals surface area contributed by atoms with Gasteiger partial charge in [-0.25, -0.2) is 9.18 Å². The van der Waals surface area contributed by atoms with Crippen LogP contribution in [0.15, 0.2) is 17.1 Å². The molecule has 0 bridgehead atoms. The average molecular weight is 253 g/mol. The number of alkyl halides is 1. The van der Waals surface area contributed by atoms with Crippen LogP contribution in [0.5, 0.6) is 0 Å². The van der Waals surface area contributed by atoms with Gasteiger partial charge >= 0.3 is 5.69 Å². The fraction of sp³-hybridized carbons (Fsp3) is 0.455. The topological polar surface area (TPSA) is 90.4 Å². The van der Waals surface area contributed by atoms with Crippen LogP contribution in [0.4, 0.5) is 10.2 Å². The average Bonchev–Trinajstić information content (AvgIpc) is 2.70. The second-order valence-electron chi connectivity index (χ2n) is 3.97. The van der Waals surface area contributed by atoms with Gasteiger partial charge in [-0.15, -0.1) is 6.42 Å². The molecule has 1 aliphatic rings. The van der Waals surface area contributed by atoms with E-state index in [1.807, 2.05) is 0 Å². The first-order valence-electron chi connectivity index (χ1n) is 5.31. The van der Waals surface area contributed by atoms with E-state index >= 15 is 0 Å². The first-order valence-corrected chi connectivity index (χ1v) is 5.31. The van der Waals surface area contributed by atoms with E-state index < -0.39 is 30.3 Å². The monoisotopic (exact) mass is 253 g/mol.